The molecule has 4 nitrogen and oxygen atoms in total. The third-order valence-electron chi connectivity index (χ3n) is 3.93. The largest absolute Gasteiger partial charge is 0.358 e. The molecular weight excluding hydrogens is 316 g/mol. The van der Waals surface area contributed by atoms with E-state index in [1.807, 2.05) is 13.8 Å². The number of aryl methyl sites for hydroxylation is 2. The van der Waals surface area contributed by atoms with Crippen LogP contribution >= 0.6 is 11.3 Å². The molecule has 0 saturated carbocycles. The molecule has 0 unspecified atom stereocenters. The first-order chi connectivity index (χ1) is 11.7. The Morgan fingerprint density at radius 3 is 2.67 bits per heavy atom. The number of hydrogen-bond donors (Lipinski definition) is 2. The highest BCUT2D eigenvalue weighted by Crippen LogP contribution is 2.26. The molecule has 120 valence electrons. The summed E-state index contributed by atoms with van der Waals surface area (Å²) in [7, 11) is 0. The molecule has 0 atom stereocenters. The first-order valence-electron chi connectivity index (χ1n) is 7.89. The fourth-order valence-corrected chi connectivity index (χ4v) is 3.57. The van der Waals surface area contributed by atoms with E-state index in [-0.39, 0.29) is 0 Å². The summed E-state index contributed by atoms with van der Waals surface area (Å²) in [5.41, 5.74) is 7.70. The van der Waals surface area contributed by atoms with Crippen molar-refractivity contribution in [2.24, 2.45) is 0 Å². The average Bonchev–Trinajstić information content (AvgIpc) is 3.30. The van der Waals surface area contributed by atoms with Gasteiger partial charge in [-0.2, -0.15) is 5.10 Å². The van der Waals surface area contributed by atoms with Gasteiger partial charge < -0.3 is 4.98 Å². The van der Waals surface area contributed by atoms with E-state index >= 15 is 0 Å². The molecule has 0 amide bonds. The van der Waals surface area contributed by atoms with Crippen molar-refractivity contribution in [3.63, 3.8) is 0 Å². The Hall–Kier alpha value is -2.66. The molecule has 3 heterocycles. The third-order valence-corrected chi connectivity index (χ3v) is 4.90. The van der Waals surface area contributed by atoms with E-state index < -0.39 is 0 Å². The highest BCUT2D eigenvalue weighted by atomic mass is 32.1. The lowest BCUT2D eigenvalue weighted by Crippen LogP contribution is -1.88. The van der Waals surface area contributed by atoms with Crippen LogP contribution in [-0.2, 0) is 6.42 Å². The highest BCUT2D eigenvalue weighted by Gasteiger charge is 2.07. The Labute approximate surface area is 144 Å². The normalized spacial score (nSPS) is 11.1. The van der Waals surface area contributed by atoms with Crippen molar-refractivity contribution in [1.82, 2.24) is 20.2 Å². The van der Waals surface area contributed by atoms with E-state index in [1.54, 1.807) is 11.3 Å². The Morgan fingerprint density at radius 1 is 1.04 bits per heavy atom. The van der Waals surface area contributed by atoms with Crippen molar-refractivity contribution in [1.29, 1.82) is 0 Å². The maximum absolute atomic E-state index is 4.53. The first-order valence-corrected chi connectivity index (χ1v) is 8.77. The van der Waals surface area contributed by atoms with Gasteiger partial charge in [0, 0.05) is 40.1 Å². The van der Waals surface area contributed by atoms with Crippen molar-refractivity contribution in [3.8, 4) is 22.5 Å². The molecule has 0 radical (unpaired) electrons. The number of H-pyrrole nitrogens is 2. The summed E-state index contributed by atoms with van der Waals surface area (Å²) < 4.78 is 0. The molecule has 3 aromatic heterocycles. The molecule has 4 aromatic rings. The predicted octanol–water partition coefficient (Wildman–Crippen LogP) is 4.74. The lowest BCUT2D eigenvalue weighted by Gasteiger charge is -2.02. The summed E-state index contributed by atoms with van der Waals surface area (Å²) in [6.07, 6.45) is 0.844. The van der Waals surface area contributed by atoms with E-state index in [2.05, 4.69) is 68.0 Å². The zero-order chi connectivity index (χ0) is 16.5. The summed E-state index contributed by atoms with van der Waals surface area (Å²) in [5, 5.41) is 10.6. The van der Waals surface area contributed by atoms with Crippen molar-refractivity contribution >= 4 is 11.3 Å². The van der Waals surface area contributed by atoms with Gasteiger partial charge in [-0.25, -0.2) is 4.98 Å². The Bertz CT molecular complexity index is 977. The fraction of sp³-hybridized carbons (Fsp3) is 0.158. The van der Waals surface area contributed by atoms with E-state index in [9.17, 15) is 0 Å². The van der Waals surface area contributed by atoms with Crippen LogP contribution in [0.3, 0.4) is 0 Å². The number of benzene rings is 1. The van der Waals surface area contributed by atoms with Gasteiger partial charge in [0.2, 0.25) is 0 Å². The van der Waals surface area contributed by atoms with Crippen LogP contribution in [0.15, 0.2) is 47.8 Å². The molecule has 5 heteroatoms. The molecule has 0 saturated heterocycles. The molecule has 4 rings (SSSR count). The van der Waals surface area contributed by atoms with Gasteiger partial charge in [-0.05, 0) is 43.7 Å². The lowest BCUT2D eigenvalue weighted by atomic mass is 10.1. The van der Waals surface area contributed by atoms with Gasteiger partial charge in [0.25, 0.3) is 0 Å². The number of thiazole rings is 1. The minimum Gasteiger partial charge on any atom is -0.358 e. The summed E-state index contributed by atoms with van der Waals surface area (Å²) in [5.74, 6) is 0. The molecule has 0 aliphatic heterocycles. The number of hydrogen-bond acceptors (Lipinski definition) is 3. The van der Waals surface area contributed by atoms with Gasteiger partial charge >= 0.3 is 0 Å². The van der Waals surface area contributed by atoms with Gasteiger partial charge in [0.05, 0.1) is 10.7 Å². The number of nitrogens with one attached hydrogen (secondary N) is 2. The first kappa shape index (κ1) is 14.9. The molecule has 24 heavy (non-hydrogen) atoms. The Kier molecular flexibility index (Phi) is 3.78. The molecule has 2 N–H and O–H groups in total. The standard InChI is InChI=1S/C19H18N4S/c1-12-8-18(23-22-12)15-5-3-4-14(9-15)17-7-6-16(21-17)10-19-20-13(2)11-24-19/h3-9,11,21H,10H2,1-2H3,(H,22,23). The van der Waals surface area contributed by atoms with Crippen molar-refractivity contribution in [2.75, 3.05) is 0 Å². The van der Waals surface area contributed by atoms with E-state index in [0.29, 0.717) is 0 Å². The number of aromatic amines is 2. The van der Waals surface area contributed by atoms with E-state index in [1.165, 1.54) is 5.69 Å². The lowest BCUT2D eigenvalue weighted by molar-refractivity contribution is 1.05. The molecule has 0 aliphatic rings. The summed E-state index contributed by atoms with van der Waals surface area (Å²) in [6.45, 7) is 4.04. The molecular formula is C19H18N4S. The SMILES string of the molecule is Cc1csc(Cc2ccc(-c3cccc(-c4cc(C)[nH]n4)c3)[nH]2)n1. The third kappa shape index (κ3) is 3.03. The van der Waals surface area contributed by atoms with Crippen molar-refractivity contribution in [2.45, 2.75) is 20.3 Å². The van der Waals surface area contributed by atoms with Gasteiger partial charge in [-0.3, -0.25) is 5.10 Å². The molecule has 0 spiro atoms. The topological polar surface area (TPSA) is 57.4 Å². The van der Waals surface area contributed by atoms with Crippen molar-refractivity contribution in [3.05, 3.63) is 69.9 Å². The number of nitrogens with zero attached hydrogens (tertiary/aromatic N) is 2. The maximum Gasteiger partial charge on any atom is 0.0987 e. The van der Waals surface area contributed by atoms with Crippen LogP contribution in [0.1, 0.15) is 22.1 Å². The second kappa shape index (κ2) is 6.09. The fourth-order valence-electron chi connectivity index (χ4n) is 2.77. The molecule has 0 aliphatic carbocycles. The number of aromatic nitrogens is 4. The van der Waals surface area contributed by atoms with Gasteiger partial charge in [0.1, 0.15) is 0 Å². The highest BCUT2D eigenvalue weighted by molar-refractivity contribution is 7.09. The van der Waals surface area contributed by atoms with Gasteiger partial charge in [-0.15, -0.1) is 11.3 Å². The second-order valence-corrected chi connectivity index (χ2v) is 6.92. The van der Waals surface area contributed by atoms with Crippen molar-refractivity contribution < 1.29 is 0 Å². The summed E-state index contributed by atoms with van der Waals surface area (Å²) in [6, 6.07) is 14.8. The molecule has 0 fully saturated rings. The zero-order valence-electron chi connectivity index (χ0n) is 13.6. The van der Waals surface area contributed by atoms with Crippen LogP contribution in [-0.4, -0.2) is 20.2 Å². The summed E-state index contributed by atoms with van der Waals surface area (Å²) >= 11 is 1.71. The quantitative estimate of drug-likeness (QED) is 0.566. The molecule has 1 aromatic carbocycles. The van der Waals surface area contributed by atoms with Gasteiger partial charge in [-0.1, -0.05) is 18.2 Å². The Morgan fingerprint density at radius 2 is 1.92 bits per heavy atom. The summed E-state index contributed by atoms with van der Waals surface area (Å²) in [4.78, 5) is 8.04. The molecule has 0 bridgehead atoms. The second-order valence-electron chi connectivity index (χ2n) is 5.97. The predicted molar refractivity (Wildman–Crippen MR) is 98.2 cm³/mol. The zero-order valence-corrected chi connectivity index (χ0v) is 14.4. The van der Waals surface area contributed by atoms with Crippen LogP contribution in [0, 0.1) is 13.8 Å². The average molecular weight is 334 g/mol. The van der Waals surface area contributed by atoms with Crippen LogP contribution in [0.25, 0.3) is 22.5 Å². The van der Waals surface area contributed by atoms with Crippen LogP contribution in [0.2, 0.25) is 0 Å². The Balaban J connectivity index is 1.60. The van der Waals surface area contributed by atoms with Crippen LogP contribution in [0.4, 0.5) is 0 Å². The smallest absolute Gasteiger partial charge is 0.0987 e. The van der Waals surface area contributed by atoms with Gasteiger partial charge in [0.15, 0.2) is 0 Å². The number of rotatable bonds is 4. The van der Waals surface area contributed by atoms with E-state index in [4.69, 9.17) is 0 Å². The minimum absolute atomic E-state index is 0.844. The van der Waals surface area contributed by atoms with E-state index in [0.717, 1.165) is 45.3 Å². The van der Waals surface area contributed by atoms with Crippen LogP contribution in [0.5, 0.6) is 0 Å². The minimum atomic E-state index is 0.844. The maximum atomic E-state index is 4.53. The van der Waals surface area contributed by atoms with Crippen LogP contribution < -0.4 is 0 Å². The monoisotopic (exact) mass is 334 g/mol.